The molecule has 3 rings (SSSR count). The van der Waals surface area contributed by atoms with Gasteiger partial charge in [-0.25, -0.2) is 0 Å². The molecule has 0 saturated heterocycles. The molecule has 1 aliphatic heterocycles. The second-order valence-corrected chi connectivity index (χ2v) is 6.33. The molecule has 0 N–H and O–H groups in total. The van der Waals surface area contributed by atoms with Crippen LogP contribution in [0.15, 0.2) is 34.1 Å². The SMILES string of the molecule is O=C(CSc1nncs1)N1CCCc2ccccc21. The number of rotatable bonds is 3. The molecule has 1 amide bonds. The number of hydrogen-bond donors (Lipinski definition) is 0. The number of para-hydroxylation sites is 1. The minimum absolute atomic E-state index is 0.146. The number of anilines is 1. The van der Waals surface area contributed by atoms with E-state index in [4.69, 9.17) is 0 Å². The molecule has 0 saturated carbocycles. The second-order valence-electron chi connectivity index (χ2n) is 4.27. The van der Waals surface area contributed by atoms with Crippen molar-refractivity contribution in [2.24, 2.45) is 0 Å². The first-order valence-electron chi connectivity index (χ1n) is 6.12. The molecule has 4 nitrogen and oxygen atoms in total. The molecule has 19 heavy (non-hydrogen) atoms. The van der Waals surface area contributed by atoms with E-state index in [0.717, 1.165) is 29.4 Å². The molecule has 0 fully saturated rings. The second kappa shape index (κ2) is 5.71. The van der Waals surface area contributed by atoms with Crippen molar-refractivity contribution in [1.29, 1.82) is 0 Å². The molecule has 1 aromatic carbocycles. The maximum Gasteiger partial charge on any atom is 0.237 e. The summed E-state index contributed by atoms with van der Waals surface area (Å²) in [5.41, 5.74) is 4.02. The molecule has 1 aliphatic rings. The predicted molar refractivity (Wildman–Crippen MR) is 77.7 cm³/mol. The Morgan fingerprint density at radius 3 is 3.16 bits per heavy atom. The Labute approximate surface area is 119 Å². The van der Waals surface area contributed by atoms with Crippen LogP contribution in [-0.4, -0.2) is 28.4 Å². The van der Waals surface area contributed by atoms with Gasteiger partial charge in [-0.2, -0.15) is 0 Å². The highest BCUT2D eigenvalue weighted by Crippen LogP contribution is 2.28. The Bertz CT molecular complexity index is 571. The fourth-order valence-corrected chi connectivity index (χ4v) is 3.58. The predicted octanol–water partition coefficient (Wildman–Crippen LogP) is 2.61. The number of nitrogens with zero attached hydrogens (tertiary/aromatic N) is 3. The molecule has 2 aromatic rings. The summed E-state index contributed by atoms with van der Waals surface area (Å²) in [5.74, 6) is 0.566. The summed E-state index contributed by atoms with van der Waals surface area (Å²) in [6.07, 6.45) is 2.09. The molecule has 0 unspecified atom stereocenters. The van der Waals surface area contributed by atoms with Crippen molar-refractivity contribution in [2.45, 2.75) is 17.2 Å². The Balaban J connectivity index is 1.71. The average molecular weight is 291 g/mol. The van der Waals surface area contributed by atoms with Gasteiger partial charge in [0.25, 0.3) is 0 Å². The summed E-state index contributed by atoms with van der Waals surface area (Å²) in [7, 11) is 0. The van der Waals surface area contributed by atoms with Crippen LogP contribution < -0.4 is 4.90 Å². The monoisotopic (exact) mass is 291 g/mol. The average Bonchev–Trinajstić information content (AvgIpc) is 2.97. The van der Waals surface area contributed by atoms with Gasteiger partial charge in [-0.3, -0.25) is 4.79 Å². The standard InChI is InChI=1S/C13H13N3OS2/c17-12(8-18-13-15-14-9-19-13)16-7-3-5-10-4-1-2-6-11(10)16/h1-2,4,6,9H,3,5,7-8H2. The first-order chi connectivity index (χ1) is 9.34. The minimum atomic E-state index is 0.146. The van der Waals surface area contributed by atoms with Crippen LogP contribution in [0.4, 0.5) is 5.69 Å². The van der Waals surface area contributed by atoms with Gasteiger partial charge in [0, 0.05) is 12.2 Å². The van der Waals surface area contributed by atoms with Crippen LogP contribution >= 0.6 is 23.1 Å². The van der Waals surface area contributed by atoms with Gasteiger partial charge in [-0.1, -0.05) is 41.3 Å². The van der Waals surface area contributed by atoms with Crippen LogP contribution in [0.25, 0.3) is 0 Å². The molecule has 0 spiro atoms. The van der Waals surface area contributed by atoms with Crippen molar-refractivity contribution < 1.29 is 4.79 Å². The summed E-state index contributed by atoms with van der Waals surface area (Å²) < 4.78 is 0.846. The van der Waals surface area contributed by atoms with Crippen LogP contribution in [0.3, 0.4) is 0 Å². The van der Waals surface area contributed by atoms with E-state index < -0.39 is 0 Å². The lowest BCUT2D eigenvalue weighted by Crippen LogP contribution is -2.36. The number of carbonyl (C=O) groups is 1. The number of aryl methyl sites for hydroxylation is 1. The molecule has 0 atom stereocenters. The van der Waals surface area contributed by atoms with E-state index >= 15 is 0 Å². The molecular formula is C13H13N3OS2. The zero-order valence-corrected chi connectivity index (χ0v) is 11.9. The number of thioether (sulfide) groups is 1. The van der Waals surface area contributed by atoms with Crippen molar-refractivity contribution in [3.63, 3.8) is 0 Å². The topological polar surface area (TPSA) is 46.1 Å². The van der Waals surface area contributed by atoms with Gasteiger partial charge in [-0.15, -0.1) is 10.2 Å². The maximum absolute atomic E-state index is 12.3. The number of amides is 1. The molecular weight excluding hydrogens is 278 g/mol. The number of fused-ring (bicyclic) bond motifs is 1. The van der Waals surface area contributed by atoms with E-state index in [-0.39, 0.29) is 5.91 Å². The van der Waals surface area contributed by atoms with Crippen LogP contribution in [0.2, 0.25) is 0 Å². The van der Waals surface area contributed by atoms with Crippen LogP contribution in [0.5, 0.6) is 0 Å². The molecule has 6 heteroatoms. The van der Waals surface area contributed by atoms with Crippen LogP contribution in [0.1, 0.15) is 12.0 Å². The van der Waals surface area contributed by atoms with Gasteiger partial charge in [0.15, 0.2) is 4.34 Å². The van der Waals surface area contributed by atoms with Crippen molar-refractivity contribution in [1.82, 2.24) is 10.2 Å². The van der Waals surface area contributed by atoms with Crippen LogP contribution in [-0.2, 0) is 11.2 Å². The summed E-state index contributed by atoms with van der Waals surface area (Å²) in [6.45, 7) is 0.812. The first kappa shape index (κ1) is 12.6. The van der Waals surface area contributed by atoms with Gasteiger partial charge in [0.2, 0.25) is 5.91 Å². The number of aromatic nitrogens is 2. The largest absolute Gasteiger partial charge is 0.311 e. The van der Waals surface area contributed by atoms with Gasteiger partial charge in [-0.05, 0) is 24.5 Å². The van der Waals surface area contributed by atoms with E-state index in [0.29, 0.717) is 5.75 Å². The third kappa shape index (κ3) is 2.79. The quantitative estimate of drug-likeness (QED) is 0.816. The third-order valence-electron chi connectivity index (χ3n) is 3.07. The minimum Gasteiger partial charge on any atom is -0.311 e. The zero-order chi connectivity index (χ0) is 13.1. The molecule has 0 radical (unpaired) electrons. The van der Waals surface area contributed by atoms with E-state index in [2.05, 4.69) is 16.3 Å². The van der Waals surface area contributed by atoms with Crippen molar-refractivity contribution in [2.75, 3.05) is 17.2 Å². The Hall–Kier alpha value is -1.40. The number of hydrogen-bond acceptors (Lipinski definition) is 5. The van der Waals surface area contributed by atoms with E-state index in [1.54, 1.807) is 5.51 Å². The summed E-state index contributed by atoms with van der Waals surface area (Å²) in [4.78, 5) is 14.2. The third-order valence-corrected chi connectivity index (χ3v) is 4.92. The normalized spacial score (nSPS) is 14.2. The zero-order valence-electron chi connectivity index (χ0n) is 10.3. The van der Waals surface area contributed by atoms with E-state index in [1.165, 1.54) is 28.7 Å². The Morgan fingerprint density at radius 1 is 1.42 bits per heavy atom. The Morgan fingerprint density at radius 2 is 2.32 bits per heavy atom. The highest BCUT2D eigenvalue weighted by atomic mass is 32.2. The summed E-state index contributed by atoms with van der Waals surface area (Å²) in [6, 6.07) is 8.15. The van der Waals surface area contributed by atoms with Crippen molar-refractivity contribution in [3.8, 4) is 0 Å². The smallest absolute Gasteiger partial charge is 0.237 e. The molecule has 2 heterocycles. The summed E-state index contributed by atoms with van der Waals surface area (Å²) in [5, 5.41) is 7.71. The van der Waals surface area contributed by atoms with Gasteiger partial charge >= 0.3 is 0 Å². The van der Waals surface area contributed by atoms with Crippen molar-refractivity contribution in [3.05, 3.63) is 35.3 Å². The van der Waals surface area contributed by atoms with Gasteiger partial charge in [0.1, 0.15) is 5.51 Å². The highest BCUT2D eigenvalue weighted by molar-refractivity contribution is 8.01. The molecule has 98 valence electrons. The lowest BCUT2D eigenvalue weighted by Gasteiger charge is -2.29. The highest BCUT2D eigenvalue weighted by Gasteiger charge is 2.22. The van der Waals surface area contributed by atoms with E-state index in [9.17, 15) is 4.79 Å². The maximum atomic E-state index is 12.3. The fourth-order valence-electron chi connectivity index (χ4n) is 2.22. The molecule has 1 aromatic heterocycles. The van der Waals surface area contributed by atoms with Crippen molar-refractivity contribution >= 4 is 34.7 Å². The Kier molecular flexibility index (Phi) is 3.79. The summed E-state index contributed by atoms with van der Waals surface area (Å²) >= 11 is 2.92. The molecule has 0 aliphatic carbocycles. The van der Waals surface area contributed by atoms with Gasteiger partial charge < -0.3 is 4.90 Å². The lowest BCUT2D eigenvalue weighted by molar-refractivity contribution is -0.116. The number of benzene rings is 1. The first-order valence-corrected chi connectivity index (χ1v) is 7.98. The van der Waals surface area contributed by atoms with Crippen LogP contribution in [0, 0.1) is 0 Å². The van der Waals surface area contributed by atoms with Gasteiger partial charge in [0.05, 0.1) is 5.75 Å². The lowest BCUT2D eigenvalue weighted by atomic mass is 10.0. The molecule has 0 bridgehead atoms. The number of carbonyl (C=O) groups excluding carboxylic acids is 1. The van der Waals surface area contributed by atoms with E-state index in [1.807, 2.05) is 23.1 Å². The fraction of sp³-hybridized carbons (Fsp3) is 0.308.